The first-order chi connectivity index (χ1) is 12.9. The maximum Gasteiger partial charge on any atom is 4.00 e. The van der Waals surface area contributed by atoms with Crippen LogP contribution in [0.1, 0.15) is 47.9 Å². The molecule has 0 bridgehead atoms. The van der Waals surface area contributed by atoms with E-state index >= 15 is 0 Å². The Kier molecular flexibility index (Phi) is 9.04. The van der Waals surface area contributed by atoms with E-state index in [2.05, 4.69) is 60.7 Å². The van der Waals surface area contributed by atoms with Crippen molar-refractivity contribution < 1.29 is 46.5 Å². The first-order valence-electron chi connectivity index (χ1n) is 10.2. The van der Waals surface area contributed by atoms with E-state index in [9.17, 15) is 0 Å². The third-order valence-electron chi connectivity index (χ3n) is 6.25. The average molecular weight is 457 g/mol. The summed E-state index contributed by atoms with van der Waals surface area (Å²) >= 11 is 0. The van der Waals surface area contributed by atoms with Gasteiger partial charge < -0.3 is 24.8 Å². The van der Waals surface area contributed by atoms with Crippen LogP contribution in [0.25, 0.3) is 21.5 Å². The topological polar surface area (TPSA) is 0 Å². The summed E-state index contributed by atoms with van der Waals surface area (Å²) in [5.74, 6) is 0. The van der Waals surface area contributed by atoms with E-state index in [4.69, 9.17) is 0 Å². The van der Waals surface area contributed by atoms with Crippen molar-refractivity contribution in [3.8, 4) is 0 Å². The van der Waals surface area contributed by atoms with Gasteiger partial charge in [-0.3, -0.25) is 0 Å². The van der Waals surface area contributed by atoms with E-state index in [-0.39, 0.29) is 46.5 Å². The summed E-state index contributed by atoms with van der Waals surface area (Å²) in [5.41, 5.74) is 6.46. The van der Waals surface area contributed by atoms with Gasteiger partial charge in [0.25, 0.3) is 0 Å². The molecule has 2 aliphatic rings. The van der Waals surface area contributed by atoms with Crippen LogP contribution in [-0.4, -0.2) is 0 Å². The number of rotatable bonds is 0. The molecule has 0 saturated heterocycles. The molecule has 0 fully saturated rings. The summed E-state index contributed by atoms with van der Waals surface area (Å²) < 4.78 is 0. The summed E-state index contributed by atoms with van der Waals surface area (Å²) in [7, 11) is 0. The maximum absolute atomic E-state index is 2.38. The van der Waals surface area contributed by atoms with Crippen molar-refractivity contribution in [3.63, 3.8) is 0 Å². The van der Waals surface area contributed by atoms with Crippen LogP contribution in [0.4, 0.5) is 0 Å². The number of hydrogen-bond acceptors (Lipinski definition) is 0. The van der Waals surface area contributed by atoms with Crippen LogP contribution >= 0.6 is 0 Å². The van der Waals surface area contributed by atoms with Gasteiger partial charge in [-0.25, -0.2) is 0 Å². The molecule has 29 heavy (non-hydrogen) atoms. The Morgan fingerprint density at radius 1 is 0.552 bits per heavy atom. The summed E-state index contributed by atoms with van der Waals surface area (Å²) in [6.45, 7) is 0. The van der Waals surface area contributed by atoms with E-state index in [0.717, 1.165) is 0 Å². The van der Waals surface area contributed by atoms with Crippen molar-refractivity contribution in [3.05, 3.63) is 82.9 Å². The van der Waals surface area contributed by atoms with E-state index in [0.29, 0.717) is 0 Å². The summed E-state index contributed by atoms with van der Waals surface area (Å²) in [4.78, 5) is 0. The van der Waals surface area contributed by atoms with Crippen molar-refractivity contribution in [2.75, 3.05) is 0 Å². The van der Waals surface area contributed by atoms with E-state index in [1.54, 1.807) is 22.3 Å². The minimum atomic E-state index is 0. The molecular formula is C26H26Cl2Ti. The van der Waals surface area contributed by atoms with Gasteiger partial charge in [-0.15, -0.1) is 80.2 Å². The minimum Gasteiger partial charge on any atom is -1.00 e. The molecule has 3 heteroatoms. The molecule has 0 spiro atoms. The predicted molar refractivity (Wildman–Crippen MR) is 112 cm³/mol. The Bertz CT molecular complexity index is 971. The zero-order valence-electron chi connectivity index (χ0n) is 16.7. The van der Waals surface area contributed by atoms with Gasteiger partial charge in [0, 0.05) is 0 Å². The molecule has 0 N–H and O–H groups in total. The first kappa shape index (κ1) is 24.2. The molecule has 0 heterocycles. The van der Waals surface area contributed by atoms with E-state index in [1.165, 1.54) is 72.9 Å². The minimum absolute atomic E-state index is 0. The Morgan fingerprint density at radius 2 is 0.966 bits per heavy atom. The van der Waals surface area contributed by atoms with Crippen molar-refractivity contribution in [1.82, 2.24) is 0 Å². The molecule has 0 amide bonds. The molecule has 0 unspecified atom stereocenters. The van der Waals surface area contributed by atoms with Gasteiger partial charge >= 0.3 is 21.7 Å². The Balaban J connectivity index is 0.000000187. The van der Waals surface area contributed by atoms with Crippen LogP contribution < -0.4 is 24.8 Å². The van der Waals surface area contributed by atoms with Gasteiger partial charge in [-0.2, -0.15) is 12.1 Å². The van der Waals surface area contributed by atoms with E-state index < -0.39 is 0 Å². The molecule has 0 nitrogen and oxygen atoms in total. The molecule has 2 aliphatic carbocycles. The van der Waals surface area contributed by atoms with Crippen LogP contribution in [-0.2, 0) is 47.4 Å². The molecule has 0 aromatic heterocycles. The molecule has 4 aromatic rings. The van der Waals surface area contributed by atoms with Crippen LogP contribution in [0, 0.1) is 0 Å². The Labute approximate surface area is 201 Å². The van der Waals surface area contributed by atoms with Crippen LogP contribution in [0.3, 0.4) is 0 Å². The molecule has 0 atom stereocenters. The van der Waals surface area contributed by atoms with Gasteiger partial charge in [0.1, 0.15) is 0 Å². The van der Waals surface area contributed by atoms with E-state index in [1.807, 2.05) is 0 Å². The number of benzene rings is 2. The number of halogens is 2. The van der Waals surface area contributed by atoms with Crippen molar-refractivity contribution in [2.45, 2.75) is 51.4 Å². The average Bonchev–Trinajstić information content (AvgIpc) is 3.27. The fourth-order valence-corrected chi connectivity index (χ4v) is 4.96. The third-order valence-corrected chi connectivity index (χ3v) is 6.25. The van der Waals surface area contributed by atoms with Gasteiger partial charge in [0.15, 0.2) is 0 Å². The Hall–Kier alpha value is -1.05. The fraction of sp³-hybridized carbons (Fsp3) is 0.308. The number of hydrogen-bond donors (Lipinski definition) is 0. The zero-order chi connectivity index (χ0) is 17.3. The standard InChI is InChI=1S/2C13H13.2ClH.Ti/c2*1-3-7-12-10(5-1)9-11-6-2-4-8-13(11)12;;;/h2*1,3,5,7,9H,2,4,6,8H2;2*1H;/q2*-1;;;+4/p-2. The van der Waals surface area contributed by atoms with Gasteiger partial charge in [-0.05, 0) is 12.8 Å². The van der Waals surface area contributed by atoms with Crippen molar-refractivity contribution >= 4 is 21.5 Å². The predicted octanol–water partition coefficient (Wildman–Crippen LogP) is 0.881. The molecule has 6 rings (SSSR count). The van der Waals surface area contributed by atoms with Crippen LogP contribution in [0.5, 0.6) is 0 Å². The van der Waals surface area contributed by atoms with Crippen LogP contribution in [0.2, 0.25) is 0 Å². The SMILES string of the molecule is [Cl-].[Cl-].[Ti+4].c1ccc2c(c1)cc1[c-]2CCCC1.c1ccc2c(c1)cc1[c-]2CCCC1. The molecule has 148 valence electrons. The molecule has 4 aromatic carbocycles. The smallest absolute Gasteiger partial charge is 1.00 e. The van der Waals surface area contributed by atoms with Gasteiger partial charge in [0.2, 0.25) is 0 Å². The molecular weight excluding hydrogens is 431 g/mol. The quantitative estimate of drug-likeness (QED) is 0.272. The largest absolute Gasteiger partial charge is 4.00 e. The maximum atomic E-state index is 2.38. The normalized spacial score (nSPS) is 14.3. The van der Waals surface area contributed by atoms with Crippen LogP contribution in [0.15, 0.2) is 60.7 Å². The number of aryl methyl sites for hydroxylation is 4. The zero-order valence-corrected chi connectivity index (χ0v) is 19.8. The second-order valence-electron chi connectivity index (χ2n) is 7.88. The molecule has 0 aliphatic heterocycles. The molecule has 0 radical (unpaired) electrons. The summed E-state index contributed by atoms with van der Waals surface area (Å²) in [5, 5.41) is 5.87. The van der Waals surface area contributed by atoms with Crippen molar-refractivity contribution in [2.24, 2.45) is 0 Å². The Morgan fingerprint density at radius 3 is 1.41 bits per heavy atom. The fourth-order valence-electron chi connectivity index (χ4n) is 4.96. The summed E-state index contributed by atoms with van der Waals surface area (Å²) in [6, 6.07) is 22.3. The third kappa shape index (κ3) is 4.83. The van der Waals surface area contributed by atoms with Gasteiger partial charge in [0.05, 0.1) is 0 Å². The summed E-state index contributed by atoms with van der Waals surface area (Å²) in [6.07, 6.45) is 10.7. The molecule has 0 saturated carbocycles. The second kappa shape index (κ2) is 10.8. The van der Waals surface area contributed by atoms with Gasteiger partial charge in [-0.1, -0.05) is 50.7 Å². The number of fused-ring (bicyclic) bond motifs is 6. The second-order valence-corrected chi connectivity index (χ2v) is 7.88. The monoisotopic (exact) mass is 456 g/mol. The first-order valence-corrected chi connectivity index (χ1v) is 10.2. The van der Waals surface area contributed by atoms with Crippen molar-refractivity contribution in [1.29, 1.82) is 0 Å².